The van der Waals surface area contributed by atoms with Gasteiger partial charge in [0.1, 0.15) is 18.3 Å². The fourth-order valence-electron chi connectivity index (χ4n) is 5.65. The van der Waals surface area contributed by atoms with Crippen molar-refractivity contribution in [2.24, 2.45) is 0 Å². The monoisotopic (exact) mass is 620 g/mol. The fraction of sp³-hybridized carbons (Fsp3) is 0.793. The number of alkyl halides is 2. The number of hydrogen-bond acceptors (Lipinski definition) is 6. The summed E-state index contributed by atoms with van der Waals surface area (Å²) in [5.74, 6) is 0.617. The van der Waals surface area contributed by atoms with E-state index in [1.807, 2.05) is 30.3 Å². The molecule has 228 valence electrons. The van der Waals surface area contributed by atoms with E-state index in [4.69, 9.17) is 46.7 Å². The Labute approximate surface area is 250 Å². The van der Waals surface area contributed by atoms with Gasteiger partial charge in [0.15, 0.2) is 12.6 Å². The third kappa shape index (κ3) is 8.89. The van der Waals surface area contributed by atoms with Crippen molar-refractivity contribution in [3.63, 3.8) is 0 Å². The fourth-order valence-corrected chi connectivity index (χ4v) is 8.60. The maximum Gasteiger partial charge on any atom is 0.344 e. The molecule has 3 aliphatic rings. The van der Waals surface area contributed by atoms with Gasteiger partial charge in [-0.2, -0.15) is 0 Å². The third-order valence-electron chi connectivity index (χ3n) is 7.83. The summed E-state index contributed by atoms with van der Waals surface area (Å²) in [7, 11) is -3.45. The predicted molar refractivity (Wildman–Crippen MR) is 159 cm³/mol. The van der Waals surface area contributed by atoms with Gasteiger partial charge in [-0.15, -0.1) is 23.2 Å². The highest BCUT2D eigenvalue weighted by molar-refractivity contribution is 7.54. The van der Waals surface area contributed by atoms with E-state index < -0.39 is 44.6 Å². The molecule has 3 fully saturated rings. The topological polar surface area (TPSA) is 78.5 Å². The molecule has 40 heavy (non-hydrogen) atoms. The van der Waals surface area contributed by atoms with E-state index in [1.54, 1.807) is 4.67 Å². The molecule has 1 aromatic rings. The van der Waals surface area contributed by atoms with Crippen molar-refractivity contribution in [1.29, 1.82) is 0 Å². The van der Waals surface area contributed by atoms with Crippen molar-refractivity contribution >= 4 is 30.9 Å². The van der Waals surface area contributed by atoms with Crippen LogP contribution >= 0.6 is 30.9 Å². The van der Waals surface area contributed by atoms with Crippen LogP contribution in [0.3, 0.4) is 0 Å². The lowest BCUT2D eigenvalue weighted by molar-refractivity contribution is -0.336. The van der Waals surface area contributed by atoms with Crippen LogP contribution in [0, 0.1) is 0 Å². The van der Waals surface area contributed by atoms with E-state index >= 15 is 0 Å². The van der Waals surface area contributed by atoms with Gasteiger partial charge in [-0.05, 0) is 6.42 Å². The van der Waals surface area contributed by atoms with Gasteiger partial charge in [-0.25, -0.2) is 9.76 Å². The van der Waals surface area contributed by atoms with Crippen LogP contribution in [0.25, 0.3) is 0 Å². The quantitative estimate of drug-likeness (QED) is 0.107. The normalized spacial score (nSPS) is 31.8. The summed E-state index contributed by atoms with van der Waals surface area (Å²) in [6.45, 7) is 3.91. The highest BCUT2D eigenvalue weighted by atomic mass is 35.5. The van der Waals surface area contributed by atoms with Crippen LogP contribution < -0.4 is 5.09 Å². The lowest BCUT2D eigenvalue weighted by atomic mass is 9.96. The molecule has 0 saturated carbocycles. The van der Waals surface area contributed by atoms with Crippen LogP contribution in [-0.2, 0) is 28.0 Å². The smallest absolute Gasteiger partial charge is 0.344 e. The molecule has 1 N–H and O–H groups in total. The zero-order valence-corrected chi connectivity index (χ0v) is 26.2. The van der Waals surface area contributed by atoms with E-state index in [0.717, 1.165) is 18.4 Å². The average molecular weight is 622 g/mol. The molecule has 0 aliphatic carbocycles. The highest BCUT2D eigenvalue weighted by Crippen LogP contribution is 2.56. The lowest BCUT2D eigenvalue weighted by Gasteiger charge is -2.46. The number of halogens is 2. The molecular formula is C29H47Cl2N2O6P. The van der Waals surface area contributed by atoms with Crippen LogP contribution in [-0.4, -0.2) is 73.4 Å². The summed E-state index contributed by atoms with van der Waals surface area (Å²) in [5.41, 5.74) is 0.914. The minimum atomic E-state index is -3.45. The van der Waals surface area contributed by atoms with E-state index in [0.29, 0.717) is 38.1 Å². The number of nitrogens with zero attached hydrogens (tertiary/aromatic N) is 1. The summed E-state index contributed by atoms with van der Waals surface area (Å²) in [5, 5.41) is 3.24. The van der Waals surface area contributed by atoms with Gasteiger partial charge in [-0.1, -0.05) is 95.0 Å². The second-order valence-electron chi connectivity index (χ2n) is 10.8. The van der Waals surface area contributed by atoms with Crippen LogP contribution in [0.5, 0.6) is 0 Å². The van der Waals surface area contributed by atoms with Crippen LogP contribution in [0.15, 0.2) is 30.3 Å². The summed E-state index contributed by atoms with van der Waals surface area (Å²) in [6.07, 6.45) is 9.96. The minimum Gasteiger partial charge on any atom is -0.351 e. The minimum absolute atomic E-state index is 0.308. The van der Waals surface area contributed by atoms with Gasteiger partial charge in [0.05, 0.1) is 12.6 Å². The number of nitrogens with one attached hydrogen (secondary N) is 1. The zero-order chi connectivity index (χ0) is 28.2. The molecule has 0 spiro atoms. The molecule has 8 nitrogen and oxygen atoms in total. The highest BCUT2D eigenvalue weighted by Gasteiger charge is 2.59. The van der Waals surface area contributed by atoms with Crippen LogP contribution in [0.4, 0.5) is 0 Å². The van der Waals surface area contributed by atoms with Gasteiger partial charge in [0.2, 0.25) is 0 Å². The Kier molecular flexibility index (Phi) is 14.0. The van der Waals surface area contributed by atoms with E-state index in [2.05, 4.69) is 12.0 Å². The standard InChI is InChI=1S/C29H47Cl2N2O6P/c1-2-3-4-5-6-7-8-9-10-14-21-35-29-25-27(39-40(34,32-25)33(19-17-30)20-18-31)26-24(37-29)22-36-28(38-26)23-15-12-11-13-16-23/h11-13,15-16,24-29H,2-10,14,17-22H2,1H3,(H,32,34)/t24-,25-,26-,27+,28-,29-,40?/m1/s1. The van der Waals surface area contributed by atoms with E-state index in [1.165, 1.54) is 51.4 Å². The van der Waals surface area contributed by atoms with Gasteiger partial charge >= 0.3 is 7.67 Å². The van der Waals surface area contributed by atoms with Crippen molar-refractivity contribution in [1.82, 2.24) is 9.76 Å². The molecular weight excluding hydrogens is 574 g/mol. The average Bonchev–Trinajstić information content (AvgIpc) is 3.35. The van der Waals surface area contributed by atoms with Gasteiger partial charge in [-0.3, -0.25) is 9.09 Å². The number of rotatable bonds is 18. The Balaban J connectivity index is 1.34. The molecule has 0 amide bonds. The first-order valence-electron chi connectivity index (χ1n) is 15.1. The largest absolute Gasteiger partial charge is 0.351 e. The molecule has 0 bridgehead atoms. The van der Waals surface area contributed by atoms with E-state index in [9.17, 15) is 4.57 Å². The summed E-state index contributed by atoms with van der Waals surface area (Å²) in [6, 6.07) is 9.32. The first-order chi connectivity index (χ1) is 19.6. The predicted octanol–water partition coefficient (Wildman–Crippen LogP) is 7.01. The summed E-state index contributed by atoms with van der Waals surface area (Å²) < 4.78 is 47.1. The SMILES string of the molecule is CCCCCCCCCCCCO[C@@H]1O[C@@H]2CO[C@@H](c3ccccc3)O[C@H]2[C@H]2OP(=O)(N(CCCl)CCCl)N[C@@H]12. The van der Waals surface area contributed by atoms with Crippen molar-refractivity contribution < 1.29 is 28.0 Å². The van der Waals surface area contributed by atoms with Crippen LogP contribution in [0.2, 0.25) is 0 Å². The molecule has 0 radical (unpaired) electrons. The molecule has 4 rings (SSSR count). The molecule has 3 saturated heterocycles. The van der Waals surface area contributed by atoms with Gasteiger partial charge in [0.25, 0.3) is 0 Å². The van der Waals surface area contributed by atoms with Crippen molar-refractivity contribution in [2.45, 2.75) is 108 Å². The molecule has 0 aromatic heterocycles. The first kappa shape index (κ1) is 32.7. The second kappa shape index (κ2) is 17.1. The molecule has 7 atom stereocenters. The molecule has 11 heteroatoms. The third-order valence-corrected chi connectivity index (χ3v) is 10.5. The number of hydrogen-bond donors (Lipinski definition) is 1. The Morgan fingerprint density at radius 1 is 0.925 bits per heavy atom. The summed E-state index contributed by atoms with van der Waals surface area (Å²) >= 11 is 12.1. The number of ether oxygens (including phenoxy) is 4. The Bertz CT molecular complexity index is 897. The molecule has 3 aliphatic heterocycles. The number of benzene rings is 1. The second-order valence-corrected chi connectivity index (χ2v) is 13.7. The number of fused-ring (bicyclic) bond motifs is 3. The Morgan fingerprint density at radius 3 is 2.23 bits per heavy atom. The molecule has 1 aromatic carbocycles. The maximum absolute atomic E-state index is 14.1. The van der Waals surface area contributed by atoms with Gasteiger partial charge < -0.3 is 18.9 Å². The lowest BCUT2D eigenvalue weighted by Crippen LogP contribution is -2.63. The Hall–Kier alpha value is -0.250. The molecule has 3 heterocycles. The first-order valence-corrected chi connectivity index (χ1v) is 17.8. The zero-order valence-electron chi connectivity index (χ0n) is 23.8. The summed E-state index contributed by atoms with van der Waals surface area (Å²) in [4.78, 5) is 0. The van der Waals surface area contributed by atoms with Gasteiger partial charge in [0, 0.05) is 37.0 Å². The van der Waals surface area contributed by atoms with Crippen molar-refractivity contribution in [3.8, 4) is 0 Å². The Morgan fingerprint density at radius 2 is 1.57 bits per heavy atom. The van der Waals surface area contributed by atoms with Crippen LogP contribution in [0.1, 0.15) is 83.0 Å². The van der Waals surface area contributed by atoms with Crippen molar-refractivity contribution in [3.05, 3.63) is 35.9 Å². The number of unbranched alkanes of at least 4 members (excludes halogenated alkanes) is 9. The van der Waals surface area contributed by atoms with Crippen molar-refractivity contribution in [2.75, 3.05) is 38.1 Å². The maximum atomic E-state index is 14.1. The molecule has 1 unspecified atom stereocenters. The van der Waals surface area contributed by atoms with E-state index in [-0.39, 0.29) is 0 Å².